The largest absolute Gasteiger partial charge is 0.419 e. The topological polar surface area (TPSA) is 95.9 Å². The monoisotopic (exact) mass is 487 g/mol. The van der Waals surface area contributed by atoms with Gasteiger partial charge in [-0.05, 0) is 55.3 Å². The highest BCUT2D eigenvalue weighted by atomic mass is 19.4. The molecule has 0 spiro atoms. The fourth-order valence-electron chi connectivity index (χ4n) is 4.38. The van der Waals surface area contributed by atoms with Crippen molar-refractivity contribution in [1.82, 2.24) is 9.97 Å². The summed E-state index contributed by atoms with van der Waals surface area (Å²) in [6, 6.07) is 15.5. The van der Waals surface area contributed by atoms with Gasteiger partial charge in [0, 0.05) is 34.6 Å². The third-order valence-electron chi connectivity index (χ3n) is 6.41. The Balaban J connectivity index is 1.64. The van der Waals surface area contributed by atoms with E-state index in [2.05, 4.69) is 16.0 Å². The number of anilines is 3. The normalized spacial score (nSPS) is 13.7. The van der Waals surface area contributed by atoms with Gasteiger partial charge in [-0.25, -0.2) is 4.98 Å². The number of carbonyl (C=O) groups excluding carboxylic acids is 1. The van der Waals surface area contributed by atoms with Crippen LogP contribution >= 0.6 is 0 Å². The van der Waals surface area contributed by atoms with Gasteiger partial charge in [0.1, 0.15) is 5.82 Å². The molecule has 0 radical (unpaired) electrons. The van der Waals surface area contributed by atoms with Gasteiger partial charge in [0.15, 0.2) is 0 Å². The Kier molecular flexibility index (Phi) is 5.21. The Hall–Kier alpha value is -4.45. The fraction of sp³-hybridized carbons (Fsp3) is 0.185. The molecule has 0 fully saturated rings. The van der Waals surface area contributed by atoms with E-state index in [4.69, 9.17) is 5.73 Å². The third-order valence-corrected chi connectivity index (χ3v) is 6.41. The van der Waals surface area contributed by atoms with Crippen molar-refractivity contribution in [2.45, 2.75) is 31.9 Å². The lowest BCUT2D eigenvalue weighted by atomic mass is 9.86. The van der Waals surface area contributed by atoms with E-state index in [9.17, 15) is 23.2 Å². The van der Waals surface area contributed by atoms with Crippen LogP contribution in [0.4, 0.5) is 30.4 Å². The van der Waals surface area contributed by atoms with Crippen LogP contribution in [0.15, 0.2) is 60.9 Å². The SMILES string of the molecule is CC(C)(C#N)c1ccc(N2C(=O)Cc3cnc4ccc(-c5cnc(N)c(C(F)(F)F)c5)cc4c32)cc1. The number of fused-ring (bicyclic) bond motifs is 3. The summed E-state index contributed by atoms with van der Waals surface area (Å²) in [5, 5.41) is 10.0. The first kappa shape index (κ1) is 23.3. The molecule has 9 heteroatoms. The number of nitrogens with two attached hydrogens (primary N) is 1. The molecule has 2 aromatic heterocycles. The molecule has 0 unspecified atom stereocenters. The number of hydrogen-bond acceptors (Lipinski definition) is 5. The maximum atomic E-state index is 13.4. The Bertz CT molecular complexity index is 1570. The highest BCUT2D eigenvalue weighted by molar-refractivity contribution is 6.14. The second kappa shape index (κ2) is 8.05. The first-order chi connectivity index (χ1) is 17.0. The number of amides is 1. The van der Waals surface area contributed by atoms with Crippen LogP contribution in [-0.2, 0) is 22.8 Å². The summed E-state index contributed by atoms with van der Waals surface area (Å²) in [5.41, 5.74) is 7.90. The summed E-state index contributed by atoms with van der Waals surface area (Å²) in [6.07, 6.45) is -1.55. The number of rotatable bonds is 3. The molecule has 36 heavy (non-hydrogen) atoms. The first-order valence-corrected chi connectivity index (χ1v) is 11.1. The summed E-state index contributed by atoms with van der Waals surface area (Å²) in [6.45, 7) is 3.63. The van der Waals surface area contributed by atoms with E-state index in [1.54, 1.807) is 41.4 Å². The maximum Gasteiger partial charge on any atom is 0.419 e. The van der Waals surface area contributed by atoms with Crippen molar-refractivity contribution in [3.63, 3.8) is 0 Å². The standard InChI is InChI=1S/C27H20F3N5O/c1-26(2,14-31)18-4-6-19(7-5-18)35-23(36)11-17-13-33-22-8-3-15(9-20(22)24(17)35)16-10-21(27(28,29)30)25(32)34-12-16/h3-10,12-13H,11H2,1-2H3,(H2,32,34). The van der Waals surface area contributed by atoms with Crippen molar-refractivity contribution in [3.8, 4) is 17.2 Å². The molecule has 3 heterocycles. The van der Waals surface area contributed by atoms with Crippen LogP contribution in [-0.4, -0.2) is 15.9 Å². The summed E-state index contributed by atoms with van der Waals surface area (Å²) in [7, 11) is 0. The second-order valence-electron chi connectivity index (χ2n) is 9.21. The smallest absolute Gasteiger partial charge is 0.383 e. The second-order valence-corrected chi connectivity index (χ2v) is 9.21. The molecular formula is C27H20F3N5O. The molecule has 5 rings (SSSR count). The van der Waals surface area contributed by atoms with Crippen molar-refractivity contribution in [2.24, 2.45) is 0 Å². The zero-order chi connectivity index (χ0) is 25.8. The van der Waals surface area contributed by atoms with E-state index in [1.165, 1.54) is 6.20 Å². The van der Waals surface area contributed by atoms with Gasteiger partial charge in [-0.1, -0.05) is 18.2 Å². The third kappa shape index (κ3) is 3.81. The van der Waals surface area contributed by atoms with Crippen LogP contribution < -0.4 is 10.6 Å². The van der Waals surface area contributed by atoms with Gasteiger partial charge in [0.25, 0.3) is 0 Å². The van der Waals surface area contributed by atoms with Gasteiger partial charge in [0.2, 0.25) is 5.91 Å². The number of pyridine rings is 2. The highest BCUT2D eigenvalue weighted by Crippen LogP contribution is 2.42. The molecule has 0 saturated carbocycles. The molecule has 1 aliphatic rings. The zero-order valence-electron chi connectivity index (χ0n) is 19.4. The van der Waals surface area contributed by atoms with Crippen LogP contribution in [0.5, 0.6) is 0 Å². The fourth-order valence-corrected chi connectivity index (χ4v) is 4.38. The predicted octanol–water partition coefficient (Wildman–Crippen LogP) is 5.92. The van der Waals surface area contributed by atoms with E-state index in [0.717, 1.165) is 17.2 Å². The van der Waals surface area contributed by atoms with Crippen molar-refractivity contribution in [3.05, 3.63) is 77.6 Å². The zero-order valence-corrected chi connectivity index (χ0v) is 19.4. The van der Waals surface area contributed by atoms with E-state index in [-0.39, 0.29) is 17.9 Å². The van der Waals surface area contributed by atoms with Crippen LogP contribution in [0.3, 0.4) is 0 Å². The molecule has 0 atom stereocenters. The molecule has 6 nitrogen and oxygen atoms in total. The van der Waals surface area contributed by atoms with Gasteiger partial charge >= 0.3 is 6.18 Å². The average Bonchev–Trinajstić information content (AvgIpc) is 3.19. The molecule has 0 bridgehead atoms. The average molecular weight is 487 g/mol. The summed E-state index contributed by atoms with van der Waals surface area (Å²) < 4.78 is 40.2. The van der Waals surface area contributed by atoms with E-state index >= 15 is 0 Å². The molecule has 2 aromatic carbocycles. The Morgan fingerprint density at radius 2 is 1.72 bits per heavy atom. The lowest BCUT2D eigenvalue weighted by Gasteiger charge is -2.22. The quantitative estimate of drug-likeness (QED) is 0.387. The predicted molar refractivity (Wildman–Crippen MR) is 130 cm³/mol. The Labute approximate surface area is 204 Å². The minimum atomic E-state index is -4.64. The van der Waals surface area contributed by atoms with Gasteiger partial charge < -0.3 is 5.73 Å². The van der Waals surface area contributed by atoms with E-state index in [1.807, 2.05) is 26.0 Å². The summed E-state index contributed by atoms with van der Waals surface area (Å²) in [5.74, 6) is -0.736. The number of nitrogen functional groups attached to an aromatic ring is 1. The number of nitrogens with zero attached hydrogens (tertiary/aromatic N) is 4. The van der Waals surface area contributed by atoms with Crippen molar-refractivity contribution in [2.75, 3.05) is 10.6 Å². The van der Waals surface area contributed by atoms with Gasteiger partial charge in [0.05, 0.1) is 34.7 Å². The number of nitriles is 1. The van der Waals surface area contributed by atoms with Gasteiger partial charge in [-0.15, -0.1) is 0 Å². The van der Waals surface area contributed by atoms with Crippen molar-refractivity contribution < 1.29 is 18.0 Å². The van der Waals surface area contributed by atoms with Crippen molar-refractivity contribution >= 4 is 34.0 Å². The molecular weight excluding hydrogens is 467 g/mol. The number of hydrogen-bond donors (Lipinski definition) is 1. The highest BCUT2D eigenvalue weighted by Gasteiger charge is 2.34. The van der Waals surface area contributed by atoms with Crippen LogP contribution in [0.25, 0.3) is 22.0 Å². The molecule has 0 aliphatic carbocycles. The van der Waals surface area contributed by atoms with Crippen molar-refractivity contribution in [1.29, 1.82) is 5.26 Å². The van der Waals surface area contributed by atoms with Gasteiger partial charge in [-0.3, -0.25) is 14.7 Å². The number of aromatic nitrogens is 2. The molecule has 2 N–H and O–H groups in total. The van der Waals surface area contributed by atoms with Crippen LogP contribution in [0.1, 0.15) is 30.5 Å². The maximum absolute atomic E-state index is 13.4. The molecule has 1 aliphatic heterocycles. The number of alkyl halides is 3. The lowest BCUT2D eigenvalue weighted by molar-refractivity contribution is -0.137. The van der Waals surface area contributed by atoms with Crippen LogP contribution in [0.2, 0.25) is 0 Å². The summed E-state index contributed by atoms with van der Waals surface area (Å²) >= 11 is 0. The molecule has 1 amide bonds. The summed E-state index contributed by atoms with van der Waals surface area (Å²) in [4.78, 5) is 22.8. The first-order valence-electron chi connectivity index (χ1n) is 11.1. The number of carbonyl (C=O) groups is 1. The minimum Gasteiger partial charge on any atom is -0.383 e. The molecule has 0 saturated heterocycles. The molecule has 4 aromatic rings. The lowest BCUT2D eigenvalue weighted by Crippen LogP contribution is -2.21. The number of benzene rings is 2. The Morgan fingerprint density at radius 3 is 2.39 bits per heavy atom. The van der Waals surface area contributed by atoms with E-state index < -0.39 is 23.0 Å². The Morgan fingerprint density at radius 1 is 1.00 bits per heavy atom. The number of halogens is 3. The molecule has 180 valence electrons. The van der Waals surface area contributed by atoms with Crippen LogP contribution in [0, 0.1) is 11.3 Å². The minimum absolute atomic E-state index is 0.148. The van der Waals surface area contributed by atoms with E-state index in [0.29, 0.717) is 27.8 Å². The van der Waals surface area contributed by atoms with Gasteiger partial charge in [-0.2, -0.15) is 18.4 Å².